The molecule has 0 amide bonds. The van der Waals surface area contributed by atoms with Crippen LogP contribution in [0, 0.1) is 17.6 Å². The Morgan fingerprint density at radius 1 is 1.10 bits per heavy atom. The summed E-state index contributed by atoms with van der Waals surface area (Å²) < 4.78 is 26.1. The van der Waals surface area contributed by atoms with Gasteiger partial charge in [0.2, 0.25) is 0 Å². The molecule has 0 aromatic heterocycles. The van der Waals surface area contributed by atoms with Crippen LogP contribution in [0.2, 0.25) is 0 Å². The molecule has 1 unspecified atom stereocenters. The normalized spacial score (nSPS) is 18.8. The van der Waals surface area contributed by atoms with E-state index >= 15 is 0 Å². The number of benzene rings is 1. The quantitative estimate of drug-likeness (QED) is 0.491. The summed E-state index contributed by atoms with van der Waals surface area (Å²) in [6.07, 6.45) is 9.44. The molecule has 1 aliphatic rings. The van der Waals surface area contributed by atoms with Crippen molar-refractivity contribution < 1.29 is 8.78 Å². The van der Waals surface area contributed by atoms with Gasteiger partial charge in [0.25, 0.3) is 0 Å². The molecule has 1 saturated carbocycles. The van der Waals surface area contributed by atoms with Crippen molar-refractivity contribution in [1.82, 2.24) is 5.43 Å². The van der Waals surface area contributed by atoms with Crippen molar-refractivity contribution in [3.8, 4) is 0 Å². The van der Waals surface area contributed by atoms with Crippen molar-refractivity contribution in [3.63, 3.8) is 0 Å². The van der Waals surface area contributed by atoms with E-state index in [2.05, 4.69) is 5.43 Å². The highest BCUT2D eigenvalue weighted by Crippen LogP contribution is 2.27. The van der Waals surface area contributed by atoms with Gasteiger partial charge in [0.1, 0.15) is 0 Å². The summed E-state index contributed by atoms with van der Waals surface area (Å²) in [6, 6.07) is 4.22. The summed E-state index contributed by atoms with van der Waals surface area (Å²) in [7, 11) is 0. The number of hydrazine groups is 1. The molecule has 1 atom stereocenters. The van der Waals surface area contributed by atoms with Gasteiger partial charge in [-0.2, -0.15) is 0 Å². The van der Waals surface area contributed by atoms with Crippen molar-refractivity contribution >= 4 is 0 Å². The van der Waals surface area contributed by atoms with E-state index in [1.807, 2.05) is 0 Å². The number of hydrogen-bond acceptors (Lipinski definition) is 2. The van der Waals surface area contributed by atoms with E-state index in [1.54, 1.807) is 6.07 Å². The second-order valence-electron chi connectivity index (χ2n) is 5.91. The van der Waals surface area contributed by atoms with Gasteiger partial charge in [-0.3, -0.25) is 11.3 Å². The van der Waals surface area contributed by atoms with Gasteiger partial charge >= 0.3 is 0 Å². The van der Waals surface area contributed by atoms with Crippen LogP contribution in [0.4, 0.5) is 8.78 Å². The number of nitrogens with two attached hydrogens (primary N) is 1. The molecule has 1 aromatic carbocycles. The maximum absolute atomic E-state index is 13.2. The van der Waals surface area contributed by atoms with E-state index in [0.717, 1.165) is 12.0 Å². The number of hydrogen-bond donors (Lipinski definition) is 2. The Hall–Kier alpha value is -1.00. The molecule has 2 rings (SSSR count). The van der Waals surface area contributed by atoms with Gasteiger partial charge in [-0.05, 0) is 36.5 Å². The zero-order valence-electron chi connectivity index (χ0n) is 11.9. The van der Waals surface area contributed by atoms with Gasteiger partial charge in [-0.25, -0.2) is 8.78 Å². The first kappa shape index (κ1) is 15.4. The molecule has 0 aliphatic heterocycles. The minimum absolute atomic E-state index is 0.128. The monoisotopic (exact) mass is 282 g/mol. The lowest BCUT2D eigenvalue weighted by molar-refractivity contribution is 0.352. The Kier molecular flexibility index (Phi) is 5.92. The number of halogens is 2. The summed E-state index contributed by atoms with van der Waals surface area (Å²) in [5.41, 5.74) is 3.63. The Bertz CT molecular complexity index is 415. The molecular formula is C16H24F2N2. The molecule has 0 bridgehead atoms. The molecule has 3 N–H and O–H groups in total. The molecule has 112 valence electrons. The summed E-state index contributed by atoms with van der Waals surface area (Å²) in [6.45, 7) is 0. The van der Waals surface area contributed by atoms with Gasteiger partial charge in [0, 0.05) is 6.04 Å². The topological polar surface area (TPSA) is 38.0 Å². The van der Waals surface area contributed by atoms with E-state index in [4.69, 9.17) is 5.84 Å². The van der Waals surface area contributed by atoms with Crippen LogP contribution in [-0.4, -0.2) is 6.04 Å². The van der Waals surface area contributed by atoms with Crippen LogP contribution >= 0.6 is 0 Å². The molecule has 1 fully saturated rings. The third kappa shape index (κ3) is 4.53. The molecule has 0 saturated heterocycles. The third-order valence-corrected chi connectivity index (χ3v) is 4.29. The molecule has 0 heterocycles. The van der Waals surface area contributed by atoms with E-state index in [0.29, 0.717) is 12.3 Å². The van der Waals surface area contributed by atoms with E-state index in [1.165, 1.54) is 50.7 Å². The highest BCUT2D eigenvalue weighted by atomic mass is 19.2. The highest BCUT2D eigenvalue weighted by Gasteiger charge is 2.18. The summed E-state index contributed by atoms with van der Waals surface area (Å²) in [4.78, 5) is 0. The van der Waals surface area contributed by atoms with Gasteiger partial charge < -0.3 is 0 Å². The SMILES string of the molecule is NNC(Cc1ccc(F)c(F)c1)CC1CCCCCC1. The van der Waals surface area contributed by atoms with Crippen molar-refractivity contribution in [2.75, 3.05) is 0 Å². The molecule has 4 heteroatoms. The fourth-order valence-electron chi connectivity index (χ4n) is 3.16. The zero-order chi connectivity index (χ0) is 14.4. The Morgan fingerprint density at radius 2 is 1.80 bits per heavy atom. The summed E-state index contributed by atoms with van der Waals surface area (Å²) in [5, 5.41) is 0. The Labute approximate surface area is 119 Å². The summed E-state index contributed by atoms with van der Waals surface area (Å²) in [5.74, 6) is 4.74. The minimum Gasteiger partial charge on any atom is -0.271 e. The van der Waals surface area contributed by atoms with Crippen molar-refractivity contribution in [2.24, 2.45) is 11.8 Å². The van der Waals surface area contributed by atoms with E-state index in [9.17, 15) is 8.78 Å². The molecule has 0 radical (unpaired) electrons. The van der Waals surface area contributed by atoms with Crippen LogP contribution in [0.25, 0.3) is 0 Å². The predicted octanol–water partition coefficient (Wildman–Crippen LogP) is 3.70. The van der Waals surface area contributed by atoms with Crippen LogP contribution in [0.5, 0.6) is 0 Å². The van der Waals surface area contributed by atoms with Gasteiger partial charge in [0.05, 0.1) is 0 Å². The lowest BCUT2D eigenvalue weighted by Gasteiger charge is -2.22. The average molecular weight is 282 g/mol. The lowest BCUT2D eigenvalue weighted by atomic mass is 9.90. The first-order valence-corrected chi connectivity index (χ1v) is 7.59. The molecule has 1 aliphatic carbocycles. The molecule has 1 aromatic rings. The van der Waals surface area contributed by atoms with E-state index < -0.39 is 11.6 Å². The first-order valence-electron chi connectivity index (χ1n) is 7.59. The zero-order valence-corrected chi connectivity index (χ0v) is 11.9. The number of nitrogens with one attached hydrogen (secondary N) is 1. The second-order valence-corrected chi connectivity index (χ2v) is 5.91. The van der Waals surface area contributed by atoms with Crippen LogP contribution in [0.3, 0.4) is 0 Å². The van der Waals surface area contributed by atoms with Gasteiger partial charge in [-0.1, -0.05) is 44.6 Å². The lowest BCUT2D eigenvalue weighted by Crippen LogP contribution is -2.38. The highest BCUT2D eigenvalue weighted by molar-refractivity contribution is 5.18. The molecule has 2 nitrogen and oxygen atoms in total. The summed E-state index contributed by atoms with van der Waals surface area (Å²) >= 11 is 0. The molecule has 20 heavy (non-hydrogen) atoms. The van der Waals surface area contributed by atoms with Gasteiger partial charge in [-0.15, -0.1) is 0 Å². The smallest absolute Gasteiger partial charge is 0.159 e. The fourth-order valence-corrected chi connectivity index (χ4v) is 3.16. The van der Waals surface area contributed by atoms with Crippen molar-refractivity contribution in [2.45, 2.75) is 57.4 Å². The van der Waals surface area contributed by atoms with Crippen LogP contribution < -0.4 is 11.3 Å². The fraction of sp³-hybridized carbons (Fsp3) is 0.625. The third-order valence-electron chi connectivity index (χ3n) is 4.29. The second kappa shape index (κ2) is 7.70. The van der Waals surface area contributed by atoms with Crippen LogP contribution in [0.15, 0.2) is 18.2 Å². The minimum atomic E-state index is -0.797. The Morgan fingerprint density at radius 3 is 2.40 bits per heavy atom. The largest absolute Gasteiger partial charge is 0.271 e. The first-order chi connectivity index (χ1) is 9.69. The maximum atomic E-state index is 13.2. The molecule has 0 spiro atoms. The molecular weight excluding hydrogens is 258 g/mol. The van der Waals surface area contributed by atoms with Crippen LogP contribution in [-0.2, 0) is 6.42 Å². The predicted molar refractivity (Wildman–Crippen MR) is 77.0 cm³/mol. The average Bonchev–Trinajstić information content (AvgIpc) is 2.71. The van der Waals surface area contributed by atoms with Crippen molar-refractivity contribution in [1.29, 1.82) is 0 Å². The van der Waals surface area contributed by atoms with Gasteiger partial charge in [0.15, 0.2) is 11.6 Å². The number of rotatable bonds is 5. The van der Waals surface area contributed by atoms with Crippen LogP contribution in [0.1, 0.15) is 50.5 Å². The standard InChI is InChI=1S/C16H24F2N2/c17-15-8-7-13(11-16(15)18)10-14(20-19)9-12-5-3-1-2-4-6-12/h7-8,11-12,14,20H,1-6,9-10,19H2. The van der Waals surface area contributed by atoms with E-state index in [-0.39, 0.29) is 6.04 Å². The Balaban J connectivity index is 1.92. The van der Waals surface area contributed by atoms with Crippen molar-refractivity contribution in [3.05, 3.63) is 35.4 Å². The maximum Gasteiger partial charge on any atom is 0.159 e.